The van der Waals surface area contributed by atoms with Gasteiger partial charge >= 0.3 is 0 Å². The van der Waals surface area contributed by atoms with Gasteiger partial charge in [-0.05, 0) is 56.5 Å². The predicted octanol–water partition coefficient (Wildman–Crippen LogP) is 2.93. The molecular formula is C21H25N3O4. The van der Waals surface area contributed by atoms with Crippen LogP contribution in [-0.2, 0) is 4.79 Å². The van der Waals surface area contributed by atoms with E-state index in [-0.39, 0.29) is 0 Å². The van der Waals surface area contributed by atoms with Gasteiger partial charge in [0.15, 0.2) is 0 Å². The molecule has 0 radical (unpaired) electrons. The van der Waals surface area contributed by atoms with Crippen LogP contribution in [-0.4, -0.2) is 30.6 Å². The second-order valence-corrected chi connectivity index (χ2v) is 6.81. The summed E-state index contributed by atoms with van der Waals surface area (Å²) >= 11 is 0. The summed E-state index contributed by atoms with van der Waals surface area (Å²) in [5.41, 5.74) is 8.44. The topological polar surface area (TPSA) is 81.6 Å². The summed E-state index contributed by atoms with van der Waals surface area (Å²) in [4.78, 5) is 24.4. The summed E-state index contributed by atoms with van der Waals surface area (Å²) in [5, 5.41) is 0. The molecule has 7 heteroatoms. The number of benzene rings is 1. The van der Waals surface area contributed by atoms with Crippen molar-refractivity contribution in [3.63, 3.8) is 0 Å². The minimum Gasteiger partial charge on any atom is -0.497 e. The Morgan fingerprint density at radius 3 is 2.25 bits per heavy atom. The molecule has 2 aromatic rings. The molecule has 1 aromatic heterocycles. The Kier molecular flexibility index (Phi) is 5.73. The minimum atomic E-state index is -0.467. The Bertz CT molecular complexity index is 904. The van der Waals surface area contributed by atoms with Crippen molar-refractivity contribution < 1.29 is 19.1 Å². The highest BCUT2D eigenvalue weighted by Gasteiger charge is 2.26. The largest absolute Gasteiger partial charge is 0.497 e. The SMILES string of the molecule is COc1cc(OC)cc(C(=O)NNC(=O)/C=C/c2cc(C)n(C3CC3)c2C)c1. The first-order valence-corrected chi connectivity index (χ1v) is 9.12. The molecule has 1 aromatic carbocycles. The number of aromatic nitrogens is 1. The summed E-state index contributed by atoms with van der Waals surface area (Å²) < 4.78 is 12.6. The van der Waals surface area contributed by atoms with Gasteiger partial charge in [-0.1, -0.05) is 0 Å². The molecule has 148 valence electrons. The molecule has 1 saturated carbocycles. The Balaban J connectivity index is 1.61. The van der Waals surface area contributed by atoms with Gasteiger partial charge in [-0.25, -0.2) is 0 Å². The molecule has 1 aliphatic rings. The lowest BCUT2D eigenvalue weighted by atomic mass is 10.2. The number of ether oxygens (including phenoxy) is 2. The molecule has 3 rings (SSSR count). The van der Waals surface area contributed by atoms with Gasteiger partial charge < -0.3 is 14.0 Å². The first-order valence-electron chi connectivity index (χ1n) is 9.12. The van der Waals surface area contributed by atoms with Crippen molar-refractivity contribution in [1.82, 2.24) is 15.4 Å². The van der Waals surface area contributed by atoms with Crippen molar-refractivity contribution in [1.29, 1.82) is 0 Å². The number of nitrogens with zero attached hydrogens (tertiary/aromatic N) is 1. The average molecular weight is 383 g/mol. The van der Waals surface area contributed by atoms with E-state index in [1.54, 1.807) is 24.3 Å². The highest BCUT2D eigenvalue weighted by Crippen LogP contribution is 2.38. The van der Waals surface area contributed by atoms with E-state index in [1.807, 2.05) is 0 Å². The summed E-state index contributed by atoms with van der Waals surface area (Å²) in [6, 6.07) is 7.45. The molecule has 2 amide bonds. The maximum atomic E-state index is 12.3. The number of carbonyl (C=O) groups excluding carboxylic acids is 2. The van der Waals surface area contributed by atoms with Crippen LogP contribution in [0.1, 0.15) is 46.2 Å². The smallest absolute Gasteiger partial charge is 0.269 e. The van der Waals surface area contributed by atoms with E-state index in [4.69, 9.17) is 9.47 Å². The van der Waals surface area contributed by atoms with E-state index in [0.29, 0.717) is 23.1 Å². The van der Waals surface area contributed by atoms with Crippen molar-refractivity contribution >= 4 is 17.9 Å². The van der Waals surface area contributed by atoms with E-state index in [0.717, 1.165) is 11.3 Å². The average Bonchev–Trinajstić information content (AvgIpc) is 3.49. The summed E-state index contributed by atoms with van der Waals surface area (Å²) in [5.74, 6) is 0.0915. The number of amides is 2. The lowest BCUT2D eigenvalue weighted by Gasteiger charge is -2.09. The Morgan fingerprint density at radius 1 is 1.04 bits per heavy atom. The van der Waals surface area contributed by atoms with E-state index in [2.05, 4.69) is 35.3 Å². The van der Waals surface area contributed by atoms with Crippen LogP contribution in [0, 0.1) is 13.8 Å². The van der Waals surface area contributed by atoms with Gasteiger partial charge in [0.25, 0.3) is 11.8 Å². The lowest BCUT2D eigenvalue weighted by molar-refractivity contribution is -0.117. The Labute approximate surface area is 164 Å². The maximum Gasteiger partial charge on any atom is 0.269 e. The normalized spacial score (nSPS) is 13.4. The second kappa shape index (κ2) is 8.21. The van der Waals surface area contributed by atoms with Crippen molar-refractivity contribution in [2.45, 2.75) is 32.7 Å². The molecule has 1 heterocycles. The van der Waals surface area contributed by atoms with Gasteiger partial charge in [0.1, 0.15) is 11.5 Å². The molecule has 0 aliphatic heterocycles. The number of nitrogens with one attached hydrogen (secondary N) is 2. The lowest BCUT2D eigenvalue weighted by Crippen LogP contribution is -2.40. The van der Waals surface area contributed by atoms with E-state index in [1.165, 1.54) is 38.8 Å². The predicted molar refractivity (Wildman–Crippen MR) is 106 cm³/mol. The summed E-state index contributed by atoms with van der Waals surface area (Å²) in [6.07, 6.45) is 5.59. The van der Waals surface area contributed by atoms with Crippen LogP contribution >= 0.6 is 0 Å². The maximum absolute atomic E-state index is 12.3. The van der Waals surface area contributed by atoms with Crippen LogP contribution in [0.5, 0.6) is 11.5 Å². The van der Waals surface area contributed by atoms with Gasteiger partial charge in [-0.3, -0.25) is 20.4 Å². The molecule has 1 aliphatic carbocycles. The fourth-order valence-corrected chi connectivity index (χ4v) is 3.20. The summed E-state index contributed by atoms with van der Waals surface area (Å²) in [7, 11) is 3.01. The zero-order chi connectivity index (χ0) is 20.3. The third kappa shape index (κ3) is 4.36. The van der Waals surface area contributed by atoms with Crippen molar-refractivity contribution in [2.75, 3.05) is 14.2 Å². The zero-order valence-electron chi connectivity index (χ0n) is 16.5. The standard InChI is InChI=1S/C21H25N3O4/c1-13-9-15(14(2)24(13)17-6-7-17)5-8-20(25)22-23-21(26)16-10-18(27-3)12-19(11-16)28-4/h5,8-12,17H,6-7H2,1-4H3,(H,22,25)(H,23,26)/b8-5+. The fraction of sp³-hybridized carbons (Fsp3) is 0.333. The van der Waals surface area contributed by atoms with Crippen molar-refractivity contribution in [3.8, 4) is 11.5 Å². The van der Waals surface area contributed by atoms with Crippen LogP contribution in [0.3, 0.4) is 0 Å². The van der Waals surface area contributed by atoms with Crippen LogP contribution < -0.4 is 20.3 Å². The second-order valence-electron chi connectivity index (χ2n) is 6.81. The number of hydrogen-bond acceptors (Lipinski definition) is 4. The first kappa shape index (κ1) is 19.5. The van der Waals surface area contributed by atoms with E-state index >= 15 is 0 Å². The Hall–Kier alpha value is -3.22. The molecule has 2 N–H and O–H groups in total. The van der Waals surface area contributed by atoms with E-state index in [9.17, 15) is 9.59 Å². The van der Waals surface area contributed by atoms with Crippen molar-refractivity contribution in [3.05, 3.63) is 52.9 Å². The number of carbonyl (C=O) groups is 2. The molecule has 7 nitrogen and oxygen atoms in total. The number of hydrazine groups is 1. The number of aryl methyl sites for hydroxylation is 1. The molecule has 0 spiro atoms. The highest BCUT2D eigenvalue weighted by atomic mass is 16.5. The summed E-state index contributed by atoms with van der Waals surface area (Å²) in [6.45, 7) is 4.13. The molecule has 0 bridgehead atoms. The molecule has 0 unspecified atom stereocenters. The Morgan fingerprint density at radius 2 is 1.68 bits per heavy atom. The number of hydrogen-bond donors (Lipinski definition) is 2. The van der Waals surface area contributed by atoms with Gasteiger partial charge in [0.2, 0.25) is 0 Å². The minimum absolute atomic E-state index is 0.313. The number of methoxy groups -OCH3 is 2. The van der Waals surface area contributed by atoms with Crippen molar-refractivity contribution in [2.24, 2.45) is 0 Å². The van der Waals surface area contributed by atoms with Gasteiger partial charge in [-0.15, -0.1) is 0 Å². The van der Waals surface area contributed by atoms with Crippen LogP contribution in [0.2, 0.25) is 0 Å². The van der Waals surface area contributed by atoms with Gasteiger partial charge in [0.05, 0.1) is 14.2 Å². The molecule has 0 saturated heterocycles. The van der Waals surface area contributed by atoms with Gasteiger partial charge in [-0.2, -0.15) is 0 Å². The van der Waals surface area contributed by atoms with Gasteiger partial charge in [0, 0.05) is 35.1 Å². The number of rotatable bonds is 6. The van der Waals surface area contributed by atoms with Crippen LogP contribution in [0.25, 0.3) is 6.08 Å². The quantitative estimate of drug-likeness (QED) is 0.594. The molecule has 28 heavy (non-hydrogen) atoms. The van der Waals surface area contributed by atoms with Crippen LogP contribution in [0.15, 0.2) is 30.3 Å². The van der Waals surface area contributed by atoms with E-state index < -0.39 is 11.8 Å². The fourth-order valence-electron chi connectivity index (χ4n) is 3.20. The third-order valence-corrected chi connectivity index (χ3v) is 4.76. The molecule has 0 atom stereocenters. The zero-order valence-corrected chi connectivity index (χ0v) is 16.5. The highest BCUT2D eigenvalue weighted by molar-refractivity contribution is 5.98. The molecule has 1 fully saturated rings. The monoisotopic (exact) mass is 383 g/mol. The first-order chi connectivity index (χ1) is 13.4. The molecular weight excluding hydrogens is 358 g/mol. The third-order valence-electron chi connectivity index (χ3n) is 4.76. The van der Waals surface area contributed by atoms with Crippen LogP contribution in [0.4, 0.5) is 0 Å².